The van der Waals surface area contributed by atoms with Crippen LogP contribution in [0.15, 0.2) is 27.5 Å². The Labute approximate surface area is 95.2 Å². The van der Waals surface area contributed by atoms with E-state index in [2.05, 4.69) is 4.98 Å². The van der Waals surface area contributed by atoms with Crippen LogP contribution in [-0.2, 0) is 14.9 Å². The van der Waals surface area contributed by atoms with E-state index in [1.807, 2.05) is 0 Å². The van der Waals surface area contributed by atoms with Gasteiger partial charge in [0.05, 0.1) is 5.88 Å². The molecule has 1 heterocycles. The van der Waals surface area contributed by atoms with Crippen LogP contribution in [0, 0.1) is 0 Å². The van der Waals surface area contributed by atoms with E-state index in [0.717, 1.165) is 0 Å². The fourth-order valence-electron chi connectivity index (χ4n) is 1.22. The molecule has 7 heteroatoms. The molecule has 0 bridgehead atoms. The van der Waals surface area contributed by atoms with Crippen LogP contribution in [-0.4, -0.2) is 13.4 Å². The van der Waals surface area contributed by atoms with Gasteiger partial charge in [-0.25, -0.2) is 13.4 Å². The summed E-state index contributed by atoms with van der Waals surface area (Å²) in [6, 6.07) is 4.50. The molecule has 2 aromatic rings. The first kappa shape index (κ1) is 10.7. The maximum Gasteiger partial charge on any atom is 0.263 e. The van der Waals surface area contributed by atoms with Gasteiger partial charge in [-0.05, 0) is 12.1 Å². The fraction of sp³-hybridized carbons (Fsp3) is 0.125. The molecule has 0 amide bonds. The molecule has 0 saturated carbocycles. The second kappa shape index (κ2) is 3.66. The van der Waals surface area contributed by atoms with E-state index in [1.165, 1.54) is 12.1 Å². The Bertz CT molecular complexity index is 605. The van der Waals surface area contributed by atoms with Crippen LogP contribution in [0.3, 0.4) is 0 Å². The van der Waals surface area contributed by atoms with E-state index in [4.69, 9.17) is 26.7 Å². The highest BCUT2D eigenvalue weighted by atomic mass is 35.7. The summed E-state index contributed by atoms with van der Waals surface area (Å²) in [5, 5.41) is 0. The van der Waals surface area contributed by atoms with E-state index in [-0.39, 0.29) is 22.2 Å². The monoisotopic (exact) mass is 265 g/mol. The maximum atomic E-state index is 11.2. The third-order valence-electron chi connectivity index (χ3n) is 1.80. The standard InChI is InChI=1S/C8H5Cl2NO3S/c9-4-7-11-8-5(14-7)2-1-3-6(8)15(10,12)13/h1-3H,4H2. The molecule has 0 aliphatic carbocycles. The highest BCUT2D eigenvalue weighted by molar-refractivity contribution is 8.14. The van der Waals surface area contributed by atoms with Crippen LogP contribution >= 0.6 is 22.3 Å². The number of oxazole rings is 1. The minimum Gasteiger partial charge on any atom is -0.439 e. The summed E-state index contributed by atoms with van der Waals surface area (Å²) >= 11 is 5.53. The number of hydrogen-bond acceptors (Lipinski definition) is 4. The number of nitrogens with zero attached hydrogens (tertiary/aromatic N) is 1. The third kappa shape index (κ3) is 1.95. The van der Waals surface area contributed by atoms with E-state index in [1.54, 1.807) is 6.07 Å². The summed E-state index contributed by atoms with van der Waals surface area (Å²) in [5.41, 5.74) is 0.565. The summed E-state index contributed by atoms with van der Waals surface area (Å²) in [4.78, 5) is 3.87. The molecule has 2 rings (SSSR count). The molecule has 4 nitrogen and oxygen atoms in total. The molecule has 0 N–H and O–H groups in total. The molecular weight excluding hydrogens is 261 g/mol. The Morgan fingerprint density at radius 3 is 2.73 bits per heavy atom. The van der Waals surface area contributed by atoms with Crippen LogP contribution in [0.2, 0.25) is 0 Å². The summed E-state index contributed by atoms with van der Waals surface area (Å²) in [7, 11) is 1.43. The number of halogens is 2. The minimum absolute atomic E-state index is 0.0678. The molecule has 0 aliphatic heterocycles. The number of hydrogen-bond donors (Lipinski definition) is 0. The molecule has 80 valence electrons. The molecule has 0 atom stereocenters. The summed E-state index contributed by atoms with van der Waals surface area (Å²) in [6.45, 7) is 0. The topological polar surface area (TPSA) is 60.2 Å². The van der Waals surface area contributed by atoms with Crippen LogP contribution in [0.4, 0.5) is 0 Å². The Kier molecular flexibility index (Phi) is 2.62. The van der Waals surface area contributed by atoms with Crippen molar-refractivity contribution in [3.63, 3.8) is 0 Å². The zero-order chi connectivity index (χ0) is 11.1. The number of aromatic nitrogens is 1. The van der Waals surface area contributed by atoms with Crippen LogP contribution in [0.25, 0.3) is 11.1 Å². The zero-order valence-electron chi connectivity index (χ0n) is 7.28. The fourth-order valence-corrected chi connectivity index (χ4v) is 2.33. The largest absolute Gasteiger partial charge is 0.439 e. The highest BCUT2D eigenvalue weighted by Gasteiger charge is 2.18. The van der Waals surface area contributed by atoms with Crippen molar-refractivity contribution in [2.75, 3.05) is 0 Å². The summed E-state index contributed by atoms with van der Waals surface area (Å²) < 4.78 is 27.6. The lowest BCUT2D eigenvalue weighted by Gasteiger charge is -1.94. The first-order valence-electron chi connectivity index (χ1n) is 3.91. The first-order valence-corrected chi connectivity index (χ1v) is 6.76. The average molecular weight is 266 g/mol. The quantitative estimate of drug-likeness (QED) is 0.619. The van der Waals surface area contributed by atoms with Crippen molar-refractivity contribution in [3.8, 4) is 0 Å². The van der Waals surface area contributed by atoms with Gasteiger partial charge in [0.1, 0.15) is 10.4 Å². The van der Waals surface area contributed by atoms with Crippen LogP contribution in [0.1, 0.15) is 5.89 Å². The van der Waals surface area contributed by atoms with Crippen molar-refractivity contribution < 1.29 is 12.8 Å². The molecule has 0 unspecified atom stereocenters. The van der Waals surface area contributed by atoms with Gasteiger partial charge < -0.3 is 4.42 Å². The number of fused-ring (bicyclic) bond motifs is 1. The smallest absolute Gasteiger partial charge is 0.263 e. The van der Waals surface area contributed by atoms with E-state index in [9.17, 15) is 8.42 Å². The average Bonchev–Trinajstić information content (AvgIpc) is 2.57. The molecular formula is C8H5Cl2NO3S. The Morgan fingerprint density at radius 1 is 1.40 bits per heavy atom. The minimum atomic E-state index is -3.82. The van der Waals surface area contributed by atoms with Gasteiger partial charge in [-0.3, -0.25) is 0 Å². The number of rotatable bonds is 2. The van der Waals surface area contributed by atoms with Gasteiger partial charge in [-0.15, -0.1) is 11.6 Å². The van der Waals surface area contributed by atoms with Gasteiger partial charge in [-0.2, -0.15) is 0 Å². The number of para-hydroxylation sites is 1. The van der Waals surface area contributed by atoms with Gasteiger partial charge in [0.25, 0.3) is 9.05 Å². The predicted octanol–water partition coefficient (Wildman–Crippen LogP) is 2.49. The molecule has 0 aliphatic rings. The molecule has 1 aromatic carbocycles. The van der Waals surface area contributed by atoms with Crippen LogP contribution < -0.4 is 0 Å². The van der Waals surface area contributed by atoms with E-state index < -0.39 is 9.05 Å². The summed E-state index contributed by atoms with van der Waals surface area (Å²) in [6.07, 6.45) is 0. The van der Waals surface area contributed by atoms with E-state index >= 15 is 0 Å². The second-order valence-electron chi connectivity index (χ2n) is 2.78. The maximum absolute atomic E-state index is 11.2. The number of alkyl halides is 1. The van der Waals surface area contributed by atoms with Gasteiger partial charge in [0.2, 0.25) is 5.89 Å². The molecule has 0 radical (unpaired) electrons. The lowest BCUT2D eigenvalue weighted by molar-refractivity contribution is 0.555. The van der Waals surface area contributed by atoms with Crippen molar-refractivity contribution in [2.45, 2.75) is 10.8 Å². The van der Waals surface area contributed by atoms with E-state index in [0.29, 0.717) is 5.58 Å². The lowest BCUT2D eigenvalue weighted by Crippen LogP contribution is -1.91. The molecule has 1 aromatic heterocycles. The lowest BCUT2D eigenvalue weighted by atomic mass is 10.3. The summed E-state index contributed by atoms with van der Waals surface area (Å²) in [5.74, 6) is 0.343. The first-order chi connectivity index (χ1) is 7.02. The molecule has 0 saturated heterocycles. The third-order valence-corrected chi connectivity index (χ3v) is 3.39. The zero-order valence-corrected chi connectivity index (χ0v) is 9.60. The normalized spacial score (nSPS) is 12.1. The SMILES string of the molecule is O=S(=O)(Cl)c1cccc2oc(CCl)nc12. The Hall–Kier alpha value is -0.780. The molecule has 15 heavy (non-hydrogen) atoms. The van der Waals surface area contributed by atoms with Crippen molar-refractivity contribution in [3.05, 3.63) is 24.1 Å². The van der Waals surface area contributed by atoms with Crippen molar-refractivity contribution in [1.82, 2.24) is 4.98 Å². The van der Waals surface area contributed by atoms with Gasteiger partial charge in [-0.1, -0.05) is 6.07 Å². The Balaban J connectivity index is 2.81. The Morgan fingerprint density at radius 2 is 2.13 bits per heavy atom. The van der Waals surface area contributed by atoms with Crippen molar-refractivity contribution in [1.29, 1.82) is 0 Å². The van der Waals surface area contributed by atoms with Crippen LogP contribution in [0.5, 0.6) is 0 Å². The van der Waals surface area contributed by atoms with Crippen molar-refractivity contribution >= 4 is 42.4 Å². The molecule has 0 spiro atoms. The van der Waals surface area contributed by atoms with Gasteiger partial charge >= 0.3 is 0 Å². The molecule has 0 fully saturated rings. The van der Waals surface area contributed by atoms with Gasteiger partial charge in [0.15, 0.2) is 5.58 Å². The predicted molar refractivity (Wildman–Crippen MR) is 56.6 cm³/mol. The van der Waals surface area contributed by atoms with Gasteiger partial charge in [0, 0.05) is 10.7 Å². The second-order valence-corrected chi connectivity index (χ2v) is 5.58. The number of benzene rings is 1. The van der Waals surface area contributed by atoms with Crippen molar-refractivity contribution in [2.24, 2.45) is 0 Å². The highest BCUT2D eigenvalue weighted by Crippen LogP contribution is 2.26.